The van der Waals surface area contributed by atoms with Crippen molar-refractivity contribution in [2.24, 2.45) is 0 Å². The molecule has 0 heterocycles. The summed E-state index contributed by atoms with van der Waals surface area (Å²) < 4.78 is 5.20. The van der Waals surface area contributed by atoms with Crippen LogP contribution in [0.15, 0.2) is 18.2 Å². The minimum Gasteiger partial charge on any atom is -0.508 e. The highest BCUT2D eigenvalue weighted by Gasteiger charge is 2.18. The molecule has 0 radical (unpaired) electrons. The predicted molar refractivity (Wildman–Crippen MR) is 58.0 cm³/mol. The van der Waals surface area contributed by atoms with E-state index in [-0.39, 0.29) is 11.7 Å². The van der Waals surface area contributed by atoms with Gasteiger partial charge in [-0.15, -0.1) is 0 Å². The summed E-state index contributed by atoms with van der Waals surface area (Å²) in [6, 6.07) is 4.66. The van der Waals surface area contributed by atoms with Gasteiger partial charge in [0.1, 0.15) is 11.4 Å². The van der Waals surface area contributed by atoms with Crippen molar-refractivity contribution in [1.82, 2.24) is 0 Å². The zero-order chi connectivity index (χ0) is 11.6. The van der Waals surface area contributed by atoms with Gasteiger partial charge in [-0.05, 0) is 51.5 Å². The molecule has 0 aliphatic heterocycles. The molecule has 0 aliphatic carbocycles. The van der Waals surface area contributed by atoms with Gasteiger partial charge in [0.25, 0.3) is 0 Å². The minimum atomic E-state index is -0.497. The van der Waals surface area contributed by atoms with Crippen molar-refractivity contribution in [2.75, 3.05) is 0 Å². The molecule has 1 aromatic rings. The van der Waals surface area contributed by atoms with E-state index < -0.39 is 5.60 Å². The van der Waals surface area contributed by atoms with Crippen LogP contribution in [0.1, 0.15) is 36.7 Å². The lowest BCUT2D eigenvalue weighted by Gasteiger charge is -2.19. The highest BCUT2D eigenvalue weighted by molar-refractivity contribution is 5.90. The van der Waals surface area contributed by atoms with Crippen molar-refractivity contribution >= 4 is 5.97 Å². The summed E-state index contributed by atoms with van der Waals surface area (Å²) in [5, 5.41) is 9.31. The lowest BCUT2D eigenvalue weighted by molar-refractivity contribution is 0.00694. The largest absolute Gasteiger partial charge is 0.508 e. The second-order valence-electron chi connectivity index (χ2n) is 4.50. The molecule has 1 aromatic carbocycles. The molecular formula is C12H16O3. The van der Waals surface area contributed by atoms with E-state index in [9.17, 15) is 9.90 Å². The van der Waals surface area contributed by atoms with Crippen molar-refractivity contribution in [3.8, 4) is 5.75 Å². The first-order valence-corrected chi connectivity index (χ1v) is 4.82. The van der Waals surface area contributed by atoms with Crippen molar-refractivity contribution in [3.05, 3.63) is 29.3 Å². The first-order chi connectivity index (χ1) is 6.79. The van der Waals surface area contributed by atoms with Crippen LogP contribution in [0.5, 0.6) is 5.75 Å². The summed E-state index contributed by atoms with van der Waals surface area (Å²) in [7, 11) is 0. The third-order valence-electron chi connectivity index (χ3n) is 1.83. The number of rotatable bonds is 1. The molecular weight excluding hydrogens is 192 g/mol. The average molecular weight is 208 g/mol. The standard InChI is InChI=1S/C12H16O3/c1-8-7-9(5-6-10(8)13)11(14)15-12(2,3)4/h5-7,13H,1-4H3. The maximum atomic E-state index is 11.6. The molecule has 0 atom stereocenters. The van der Waals surface area contributed by atoms with Crippen molar-refractivity contribution < 1.29 is 14.6 Å². The predicted octanol–water partition coefficient (Wildman–Crippen LogP) is 2.66. The van der Waals surface area contributed by atoms with E-state index in [4.69, 9.17) is 4.74 Å². The van der Waals surface area contributed by atoms with Crippen molar-refractivity contribution in [1.29, 1.82) is 0 Å². The fraction of sp³-hybridized carbons (Fsp3) is 0.417. The zero-order valence-corrected chi connectivity index (χ0v) is 9.50. The van der Waals surface area contributed by atoms with E-state index in [1.54, 1.807) is 19.1 Å². The van der Waals surface area contributed by atoms with Crippen molar-refractivity contribution in [2.45, 2.75) is 33.3 Å². The quantitative estimate of drug-likeness (QED) is 0.722. The van der Waals surface area contributed by atoms with Gasteiger partial charge < -0.3 is 9.84 Å². The molecule has 0 spiro atoms. The molecule has 0 saturated carbocycles. The molecule has 15 heavy (non-hydrogen) atoms. The van der Waals surface area contributed by atoms with E-state index in [2.05, 4.69) is 0 Å². The van der Waals surface area contributed by atoms with Gasteiger partial charge in [0.2, 0.25) is 0 Å². The van der Waals surface area contributed by atoms with Crippen LogP contribution in [-0.2, 0) is 4.74 Å². The van der Waals surface area contributed by atoms with Crippen LogP contribution in [0.3, 0.4) is 0 Å². The number of esters is 1. The Morgan fingerprint density at radius 3 is 2.40 bits per heavy atom. The number of aryl methyl sites for hydroxylation is 1. The molecule has 0 bridgehead atoms. The Labute approximate surface area is 89.7 Å². The Kier molecular flexibility index (Phi) is 3.03. The Hall–Kier alpha value is -1.51. The number of carbonyl (C=O) groups is 1. The van der Waals surface area contributed by atoms with Gasteiger partial charge in [-0.3, -0.25) is 0 Å². The lowest BCUT2D eigenvalue weighted by Crippen LogP contribution is -2.23. The Bertz CT molecular complexity index is 375. The van der Waals surface area contributed by atoms with Crippen molar-refractivity contribution in [3.63, 3.8) is 0 Å². The van der Waals surface area contributed by atoms with E-state index in [1.807, 2.05) is 20.8 Å². The third kappa shape index (κ3) is 3.27. The first-order valence-electron chi connectivity index (χ1n) is 4.82. The van der Waals surface area contributed by atoms with E-state index in [0.717, 1.165) is 0 Å². The van der Waals surface area contributed by atoms with Crippen LogP contribution < -0.4 is 0 Å². The number of aromatic hydroxyl groups is 1. The second-order valence-corrected chi connectivity index (χ2v) is 4.50. The zero-order valence-electron chi connectivity index (χ0n) is 9.50. The summed E-state index contributed by atoms with van der Waals surface area (Å²) in [4.78, 5) is 11.6. The number of carbonyl (C=O) groups excluding carboxylic acids is 1. The highest BCUT2D eigenvalue weighted by Crippen LogP contribution is 2.19. The maximum Gasteiger partial charge on any atom is 0.338 e. The molecule has 0 aliphatic rings. The molecule has 82 valence electrons. The number of ether oxygens (including phenoxy) is 1. The molecule has 3 nitrogen and oxygen atoms in total. The molecule has 0 aromatic heterocycles. The molecule has 0 amide bonds. The van der Waals surface area contributed by atoms with Gasteiger partial charge >= 0.3 is 5.97 Å². The first kappa shape index (κ1) is 11.6. The Balaban J connectivity index is 2.88. The Morgan fingerprint density at radius 1 is 1.33 bits per heavy atom. The lowest BCUT2D eigenvalue weighted by atomic mass is 10.1. The Morgan fingerprint density at radius 2 is 1.93 bits per heavy atom. The van der Waals surface area contributed by atoms with Crippen LogP contribution in [-0.4, -0.2) is 16.7 Å². The SMILES string of the molecule is Cc1cc(C(=O)OC(C)(C)C)ccc1O. The summed E-state index contributed by atoms with van der Waals surface area (Å²) >= 11 is 0. The molecule has 0 fully saturated rings. The fourth-order valence-corrected chi connectivity index (χ4v) is 1.12. The molecule has 1 N–H and O–H groups in total. The van der Waals surface area contributed by atoms with Gasteiger partial charge in [0.15, 0.2) is 0 Å². The summed E-state index contributed by atoms with van der Waals surface area (Å²) in [6.45, 7) is 7.19. The van der Waals surface area contributed by atoms with E-state index in [0.29, 0.717) is 11.1 Å². The normalized spacial score (nSPS) is 11.2. The minimum absolute atomic E-state index is 0.183. The number of hydrogen-bond acceptors (Lipinski definition) is 3. The van der Waals surface area contributed by atoms with Gasteiger partial charge in [0, 0.05) is 0 Å². The van der Waals surface area contributed by atoms with Gasteiger partial charge in [-0.25, -0.2) is 4.79 Å². The third-order valence-corrected chi connectivity index (χ3v) is 1.83. The van der Waals surface area contributed by atoms with Gasteiger partial charge in [-0.1, -0.05) is 0 Å². The number of benzene rings is 1. The van der Waals surface area contributed by atoms with Crippen LogP contribution in [0.25, 0.3) is 0 Å². The average Bonchev–Trinajstić information content (AvgIpc) is 2.06. The topological polar surface area (TPSA) is 46.5 Å². The summed E-state index contributed by atoms with van der Waals surface area (Å²) in [5.74, 6) is -0.187. The summed E-state index contributed by atoms with van der Waals surface area (Å²) in [6.07, 6.45) is 0. The molecule has 3 heteroatoms. The van der Waals surface area contributed by atoms with Gasteiger partial charge in [0.05, 0.1) is 5.56 Å². The fourth-order valence-electron chi connectivity index (χ4n) is 1.12. The summed E-state index contributed by atoms with van der Waals surface area (Å²) in [5.41, 5.74) is 0.627. The van der Waals surface area contributed by atoms with Crippen LogP contribution in [0.2, 0.25) is 0 Å². The smallest absolute Gasteiger partial charge is 0.338 e. The van der Waals surface area contributed by atoms with Crippen LogP contribution >= 0.6 is 0 Å². The van der Waals surface area contributed by atoms with E-state index in [1.165, 1.54) is 6.07 Å². The number of phenols is 1. The van der Waals surface area contributed by atoms with Crippen LogP contribution in [0, 0.1) is 6.92 Å². The highest BCUT2D eigenvalue weighted by atomic mass is 16.6. The molecule has 0 unspecified atom stereocenters. The van der Waals surface area contributed by atoms with E-state index >= 15 is 0 Å². The number of hydrogen-bond donors (Lipinski definition) is 1. The monoisotopic (exact) mass is 208 g/mol. The molecule has 0 saturated heterocycles. The second kappa shape index (κ2) is 3.93. The molecule has 1 rings (SSSR count). The van der Waals surface area contributed by atoms with Gasteiger partial charge in [-0.2, -0.15) is 0 Å². The number of phenolic OH excluding ortho intramolecular Hbond substituents is 1. The van der Waals surface area contributed by atoms with Crippen LogP contribution in [0.4, 0.5) is 0 Å². The maximum absolute atomic E-state index is 11.6.